The van der Waals surface area contributed by atoms with Crippen LogP contribution in [-0.4, -0.2) is 36.4 Å². The summed E-state index contributed by atoms with van der Waals surface area (Å²) in [5.41, 5.74) is 1.67. The van der Waals surface area contributed by atoms with Crippen LogP contribution in [0.4, 0.5) is 17.6 Å². The van der Waals surface area contributed by atoms with Crippen molar-refractivity contribution in [1.82, 2.24) is 29.3 Å². The molecule has 7 nitrogen and oxygen atoms in total. The van der Waals surface area contributed by atoms with Crippen molar-refractivity contribution in [2.24, 2.45) is 0 Å². The number of rotatable bonds is 4. The summed E-state index contributed by atoms with van der Waals surface area (Å²) >= 11 is 0. The first-order chi connectivity index (χ1) is 16.2. The number of aromatic nitrogens is 6. The number of halogens is 4. The number of imidazole rings is 1. The highest BCUT2D eigenvalue weighted by Gasteiger charge is 2.35. The Morgan fingerprint density at radius 3 is 2.47 bits per heavy atom. The van der Waals surface area contributed by atoms with Gasteiger partial charge in [0.25, 0.3) is 0 Å². The first kappa shape index (κ1) is 22.1. The highest BCUT2D eigenvalue weighted by molar-refractivity contribution is 5.55. The number of nitrogens with zero attached hydrogens (tertiary/aromatic N) is 6. The number of fused-ring (bicyclic) bond motifs is 1. The minimum absolute atomic E-state index is 0.126. The number of benzene rings is 1. The van der Waals surface area contributed by atoms with Gasteiger partial charge < -0.3 is 9.30 Å². The molecule has 2 atom stereocenters. The Hall–Kier alpha value is -3.76. The Balaban J connectivity index is 1.43. The zero-order valence-electron chi connectivity index (χ0n) is 18.3. The average Bonchev–Trinajstić information content (AvgIpc) is 3.45. The lowest BCUT2D eigenvalue weighted by Crippen LogP contribution is -2.22. The van der Waals surface area contributed by atoms with Gasteiger partial charge in [-0.1, -0.05) is 12.1 Å². The van der Waals surface area contributed by atoms with Gasteiger partial charge >= 0.3 is 6.18 Å². The number of aryl methyl sites for hydroxylation is 2. The predicted octanol–water partition coefficient (Wildman–Crippen LogP) is 5.06. The maximum Gasteiger partial charge on any atom is 0.416 e. The molecule has 0 fully saturated rings. The quantitative estimate of drug-likeness (QED) is 0.389. The smallest absolute Gasteiger partial charge is 0.416 e. The van der Waals surface area contributed by atoms with Crippen LogP contribution in [0.2, 0.25) is 0 Å². The molecule has 0 saturated heterocycles. The normalized spacial score (nSPS) is 18.1. The van der Waals surface area contributed by atoms with Crippen molar-refractivity contribution in [3.05, 3.63) is 71.6 Å². The summed E-state index contributed by atoms with van der Waals surface area (Å²) in [5, 5.41) is 4.41. The number of hydrogen-bond acceptors (Lipinski definition) is 5. The highest BCUT2D eigenvalue weighted by Crippen LogP contribution is 2.41. The molecular weight excluding hydrogens is 452 g/mol. The predicted molar refractivity (Wildman–Crippen MR) is 114 cm³/mol. The number of ether oxygens (including phenoxy) is 1. The summed E-state index contributed by atoms with van der Waals surface area (Å²) in [4.78, 5) is 13.1. The largest absolute Gasteiger partial charge is 0.479 e. The van der Waals surface area contributed by atoms with Crippen molar-refractivity contribution in [1.29, 1.82) is 0 Å². The maximum absolute atomic E-state index is 15.4. The van der Waals surface area contributed by atoms with E-state index in [4.69, 9.17) is 4.74 Å². The number of hydrogen-bond donors (Lipinski definition) is 0. The van der Waals surface area contributed by atoms with E-state index in [9.17, 15) is 13.2 Å². The minimum atomic E-state index is -4.43. The van der Waals surface area contributed by atoms with Gasteiger partial charge in [0.15, 0.2) is 17.8 Å². The summed E-state index contributed by atoms with van der Waals surface area (Å²) < 4.78 is 62.7. The van der Waals surface area contributed by atoms with Gasteiger partial charge in [0.1, 0.15) is 11.4 Å². The molecule has 0 radical (unpaired) electrons. The zero-order chi connectivity index (χ0) is 24.0. The Morgan fingerprint density at radius 1 is 1.06 bits per heavy atom. The first-order valence-electron chi connectivity index (χ1n) is 10.6. The van der Waals surface area contributed by atoms with E-state index >= 15 is 4.39 Å². The van der Waals surface area contributed by atoms with Crippen LogP contribution in [0.15, 0.2) is 48.9 Å². The fourth-order valence-electron chi connectivity index (χ4n) is 4.13. The van der Waals surface area contributed by atoms with Gasteiger partial charge in [-0.3, -0.25) is 0 Å². The molecule has 1 aliphatic heterocycles. The summed E-state index contributed by atoms with van der Waals surface area (Å²) in [6.07, 6.45) is -2.08. The molecule has 4 heterocycles. The summed E-state index contributed by atoms with van der Waals surface area (Å²) in [5.74, 6) is 0.0990. The standard InChI is InChI=1S/C23H20F4N6O/c1-13-11-32(12-28-13)18-8-7-17(29-22(18)34-2)20-30-21-19(24)16(9-10-33(21)31-20)14-3-5-15(6-4-14)23(25,26)27/h3-8,11-12,16,19H,9-10H2,1-2H3. The van der Waals surface area contributed by atoms with Crippen LogP contribution in [0.3, 0.4) is 0 Å². The van der Waals surface area contributed by atoms with Crippen LogP contribution in [0, 0.1) is 6.92 Å². The molecule has 2 unspecified atom stereocenters. The van der Waals surface area contributed by atoms with Crippen LogP contribution in [0.5, 0.6) is 5.88 Å². The van der Waals surface area contributed by atoms with Gasteiger partial charge in [0.2, 0.25) is 5.88 Å². The summed E-state index contributed by atoms with van der Waals surface area (Å²) in [7, 11) is 1.50. The van der Waals surface area contributed by atoms with Gasteiger partial charge in [-0.05, 0) is 43.2 Å². The third kappa shape index (κ3) is 3.91. The van der Waals surface area contributed by atoms with Crippen molar-refractivity contribution in [3.8, 4) is 23.1 Å². The summed E-state index contributed by atoms with van der Waals surface area (Å²) in [6.45, 7) is 2.26. The molecule has 1 aromatic carbocycles. The molecule has 0 bridgehead atoms. The minimum Gasteiger partial charge on any atom is -0.479 e. The Kier molecular flexibility index (Phi) is 5.34. The Labute approximate surface area is 192 Å². The van der Waals surface area contributed by atoms with E-state index in [1.165, 1.54) is 23.9 Å². The molecule has 11 heteroatoms. The molecule has 5 rings (SSSR count). The van der Waals surface area contributed by atoms with Crippen LogP contribution >= 0.6 is 0 Å². The lowest BCUT2D eigenvalue weighted by Gasteiger charge is -2.26. The molecule has 0 amide bonds. The van der Waals surface area contributed by atoms with E-state index in [1.807, 2.05) is 13.1 Å². The van der Waals surface area contributed by atoms with Gasteiger partial charge in [-0.25, -0.2) is 24.0 Å². The van der Waals surface area contributed by atoms with Crippen LogP contribution < -0.4 is 4.74 Å². The molecule has 1 aliphatic rings. The number of alkyl halides is 4. The number of pyridine rings is 1. The SMILES string of the molecule is COc1nc(-c2nc3n(n2)CCC(c2ccc(C(F)(F)F)cc2)C3F)ccc1-n1cnc(C)c1. The summed E-state index contributed by atoms with van der Waals surface area (Å²) in [6, 6.07) is 8.12. The van der Waals surface area contributed by atoms with Gasteiger partial charge in [-0.15, -0.1) is 5.10 Å². The fraction of sp³-hybridized carbons (Fsp3) is 0.304. The second-order valence-corrected chi connectivity index (χ2v) is 8.08. The van der Waals surface area contributed by atoms with Gasteiger partial charge in [0.05, 0.1) is 24.7 Å². The van der Waals surface area contributed by atoms with E-state index < -0.39 is 23.8 Å². The number of methoxy groups -OCH3 is 1. The molecule has 0 saturated carbocycles. The van der Waals surface area contributed by atoms with Gasteiger partial charge in [-0.2, -0.15) is 13.2 Å². The fourth-order valence-corrected chi connectivity index (χ4v) is 4.13. The lowest BCUT2D eigenvalue weighted by molar-refractivity contribution is -0.137. The average molecular weight is 472 g/mol. The Bertz CT molecular complexity index is 1330. The topological polar surface area (TPSA) is 70.7 Å². The van der Waals surface area contributed by atoms with Crippen molar-refractivity contribution in [2.45, 2.75) is 38.2 Å². The molecule has 34 heavy (non-hydrogen) atoms. The lowest BCUT2D eigenvalue weighted by atomic mass is 9.88. The second kappa shape index (κ2) is 8.23. The molecule has 3 aromatic heterocycles. The molecule has 0 N–H and O–H groups in total. The van der Waals surface area contributed by atoms with Crippen molar-refractivity contribution in [3.63, 3.8) is 0 Å². The molecule has 0 spiro atoms. The maximum atomic E-state index is 15.4. The highest BCUT2D eigenvalue weighted by atomic mass is 19.4. The second-order valence-electron chi connectivity index (χ2n) is 8.08. The third-order valence-corrected chi connectivity index (χ3v) is 5.87. The van der Waals surface area contributed by atoms with Crippen molar-refractivity contribution < 1.29 is 22.3 Å². The van der Waals surface area contributed by atoms with Gasteiger partial charge in [0, 0.05) is 18.7 Å². The third-order valence-electron chi connectivity index (χ3n) is 5.87. The molecule has 4 aromatic rings. The van der Waals surface area contributed by atoms with Crippen molar-refractivity contribution >= 4 is 0 Å². The first-order valence-corrected chi connectivity index (χ1v) is 10.6. The molecule has 0 aliphatic carbocycles. The van der Waals surface area contributed by atoms with Crippen molar-refractivity contribution in [2.75, 3.05) is 7.11 Å². The van der Waals surface area contributed by atoms with E-state index in [0.29, 0.717) is 35.8 Å². The monoisotopic (exact) mass is 472 g/mol. The Morgan fingerprint density at radius 2 is 1.82 bits per heavy atom. The molecular formula is C23H20F4N6O. The van der Waals surface area contributed by atoms with Crippen LogP contribution in [0.25, 0.3) is 17.2 Å². The zero-order valence-corrected chi connectivity index (χ0v) is 18.3. The van der Waals surface area contributed by atoms with E-state index in [0.717, 1.165) is 17.8 Å². The van der Waals surface area contributed by atoms with Crippen LogP contribution in [0.1, 0.15) is 41.2 Å². The van der Waals surface area contributed by atoms with E-state index in [2.05, 4.69) is 20.1 Å². The van der Waals surface area contributed by atoms with E-state index in [1.54, 1.807) is 23.0 Å². The molecule has 176 valence electrons. The van der Waals surface area contributed by atoms with E-state index in [-0.39, 0.29) is 11.6 Å². The van der Waals surface area contributed by atoms with Crippen LogP contribution in [-0.2, 0) is 12.7 Å².